The van der Waals surface area contributed by atoms with Crippen LogP contribution in [0.25, 0.3) is 0 Å². The molecule has 0 saturated carbocycles. The lowest BCUT2D eigenvalue weighted by Crippen LogP contribution is -2.40. The third-order valence-corrected chi connectivity index (χ3v) is 5.99. The van der Waals surface area contributed by atoms with Gasteiger partial charge >= 0.3 is 0 Å². The lowest BCUT2D eigenvalue weighted by molar-refractivity contribution is 0.102. The zero-order valence-corrected chi connectivity index (χ0v) is 17.4. The van der Waals surface area contributed by atoms with E-state index in [1.54, 1.807) is 45.2 Å². The molecule has 26 heavy (non-hydrogen) atoms. The molecule has 0 aliphatic rings. The van der Waals surface area contributed by atoms with Gasteiger partial charge in [-0.15, -0.1) is 23.7 Å². The van der Waals surface area contributed by atoms with E-state index in [0.717, 1.165) is 0 Å². The number of carbonyl (C=O) groups excluding carboxylic acids is 1. The monoisotopic (exact) mass is 418 g/mol. The van der Waals surface area contributed by atoms with Gasteiger partial charge in [0, 0.05) is 23.2 Å². The normalized spacial score (nSPS) is 11.7. The van der Waals surface area contributed by atoms with Gasteiger partial charge in [-0.1, -0.05) is 6.07 Å². The molecular formula is C16H23ClN4O3S2. The summed E-state index contributed by atoms with van der Waals surface area (Å²) < 4.78 is 27.8. The highest BCUT2D eigenvalue weighted by Crippen LogP contribution is 2.24. The van der Waals surface area contributed by atoms with Crippen molar-refractivity contribution in [1.29, 1.82) is 0 Å². The minimum absolute atomic E-state index is 0. The molecule has 1 heterocycles. The number of benzene rings is 1. The second kappa shape index (κ2) is 8.45. The summed E-state index contributed by atoms with van der Waals surface area (Å²) in [5, 5.41) is 4.99. The SMILES string of the molecule is Cc1c(NC(=O)c2csc(CN)n2)cccc1S(=O)(=O)NC(C)(C)C.Cl. The fraction of sp³-hybridized carbons (Fsp3) is 0.375. The van der Waals surface area contributed by atoms with Gasteiger partial charge in [0.05, 0.1) is 4.90 Å². The van der Waals surface area contributed by atoms with Crippen molar-refractivity contribution in [3.05, 3.63) is 39.8 Å². The number of halogens is 1. The Bertz CT molecular complexity index is 889. The second-order valence-corrected chi connectivity index (χ2v) is 9.16. The van der Waals surface area contributed by atoms with Crippen molar-refractivity contribution in [3.8, 4) is 0 Å². The molecule has 0 fully saturated rings. The fourth-order valence-corrected chi connectivity index (χ4v) is 4.54. The average molecular weight is 419 g/mol. The molecule has 0 aliphatic carbocycles. The first-order valence-electron chi connectivity index (χ1n) is 7.63. The highest BCUT2D eigenvalue weighted by atomic mass is 35.5. The summed E-state index contributed by atoms with van der Waals surface area (Å²) in [5.41, 5.74) is 6.03. The van der Waals surface area contributed by atoms with E-state index < -0.39 is 21.5 Å². The van der Waals surface area contributed by atoms with Gasteiger partial charge in [0.2, 0.25) is 10.0 Å². The standard InChI is InChI=1S/C16H22N4O3S2.ClH/c1-10-11(19-15(21)12-9-24-14(8-17)18-12)6-5-7-13(10)25(22,23)20-16(2,3)4;/h5-7,9,20H,8,17H2,1-4H3,(H,19,21);1H. The molecule has 10 heteroatoms. The molecule has 0 radical (unpaired) electrons. The summed E-state index contributed by atoms with van der Waals surface area (Å²) in [6, 6.07) is 4.75. The van der Waals surface area contributed by atoms with Gasteiger partial charge in [0.1, 0.15) is 10.7 Å². The number of thiazole rings is 1. The van der Waals surface area contributed by atoms with Crippen LogP contribution < -0.4 is 15.8 Å². The Morgan fingerprint density at radius 3 is 2.50 bits per heavy atom. The number of nitrogens with one attached hydrogen (secondary N) is 2. The van der Waals surface area contributed by atoms with Gasteiger partial charge < -0.3 is 11.1 Å². The number of anilines is 1. The molecule has 0 unspecified atom stereocenters. The van der Waals surface area contributed by atoms with Crippen LogP contribution in [0.5, 0.6) is 0 Å². The molecule has 0 atom stereocenters. The number of hydrogen-bond donors (Lipinski definition) is 3. The van der Waals surface area contributed by atoms with Gasteiger partial charge in [-0.2, -0.15) is 0 Å². The van der Waals surface area contributed by atoms with Crippen LogP contribution in [-0.2, 0) is 16.6 Å². The van der Waals surface area contributed by atoms with E-state index >= 15 is 0 Å². The number of carbonyl (C=O) groups is 1. The summed E-state index contributed by atoms with van der Waals surface area (Å²) in [6.07, 6.45) is 0. The predicted molar refractivity (Wildman–Crippen MR) is 106 cm³/mol. The quantitative estimate of drug-likeness (QED) is 0.690. The van der Waals surface area contributed by atoms with E-state index in [-0.39, 0.29) is 29.5 Å². The van der Waals surface area contributed by atoms with Crippen molar-refractivity contribution in [3.63, 3.8) is 0 Å². The fourth-order valence-electron chi connectivity index (χ4n) is 2.19. The lowest BCUT2D eigenvalue weighted by Gasteiger charge is -2.21. The molecule has 1 amide bonds. The number of hydrogen-bond acceptors (Lipinski definition) is 6. The van der Waals surface area contributed by atoms with Crippen molar-refractivity contribution >= 4 is 45.4 Å². The average Bonchev–Trinajstić information content (AvgIpc) is 2.95. The van der Waals surface area contributed by atoms with Gasteiger partial charge in [0.15, 0.2) is 0 Å². The number of aromatic nitrogens is 1. The van der Waals surface area contributed by atoms with Gasteiger partial charge in [-0.3, -0.25) is 4.79 Å². The largest absolute Gasteiger partial charge is 0.325 e. The molecule has 4 N–H and O–H groups in total. The molecule has 144 valence electrons. The van der Waals surface area contributed by atoms with Crippen molar-refractivity contribution < 1.29 is 13.2 Å². The van der Waals surface area contributed by atoms with Gasteiger partial charge in [-0.25, -0.2) is 18.1 Å². The van der Waals surface area contributed by atoms with Crippen LogP contribution in [0.1, 0.15) is 41.8 Å². The Kier molecular flexibility index (Phi) is 7.32. The minimum atomic E-state index is -3.70. The molecule has 0 spiro atoms. The maximum absolute atomic E-state index is 12.6. The third-order valence-electron chi connectivity index (χ3n) is 3.22. The van der Waals surface area contributed by atoms with E-state index in [4.69, 9.17) is 5.73 Å². The second-order valence-electron chi connectivity index (χ2n) is 6.57. The lowest BCUT2D eigenvalue weighted by atomic mass is 10.1. The topological polar surface area (TPSA) is 114 Å². The molecule has 0 aliphatic heterocycles. The first-order chi connectivity index (χ1) is 11.5. The zero-order valence-electron chi connectivity index (χ0n) is 15.0. The zero-order chi connectivity index (χ0) is 18.8. The smallest absolute Gasteiger partial charge is 0.275 e. The first kappa shape index (κ1) is 22.5. The first-order valence-corrected chi connectivity index (χ1v) is 9.99. The Morgan fingerprint density at radius 1 is 1.31 bits per heavy atom. The Labute approximate surface area is 163 Å². The summed E-state index contributed by atoms with van der Waals surface area (Å²) >= 11 is 1.30. The third kappa shape index (κ3) is 5.49. The van der Waals surface area contributed by atoms with Crippen molar-refractivity contribution in [2.45, 2.75) is 44.7 Å². The molecule has 2 rings (SSSR count). The van der Waals surface area contributed by atoms with Crippen molar-refractivity contribution in [2.24, 2.45) is 5.73 Å². The molecule has 1 aromatic heterocycles. The number of nitrogens with two attached hydrogens (primary N) is 1. The van der Waals surface area contributed by atoms with Crippen LogP contribution in [0.2, 0.25) is 0 Å². The molecular weight excluding hydrogens is 396 g/mol. The van der Waals surface area contributed by atoms with Crippen LogP contribution in [0.15, 0.2) is 28.5 Å². The highest BCUT2D eigenvalue weighted by molar-refractivity contribution is 7.89. The van der Waals surface area contributed by atoms with E-state index in [1.807, 2.05) is 0 Å². The van der Waals surface area contributed by atoms with Crippen molar-refractivity contribution in [1.82, 2.24) is 9.71 Å². The van der Waals surface area contributed by atoms with Crippen LogP contribution in [-0.4, -0.2) is 24.8 Å². The molecule has 2 aromatic rings. The molecule has 1 aromatic carbocycles. The molecule has 0 saturated heterocycles. The van der Waals surface area contributed by atoms with Crippen LogP contribution in [0, 0.1) is 6.92 Å². The Hall–Kier alpha value is -1.52. The Morgan fingerprint density at radius 2 is 1.96 bits per heavy atom. The van der Waals surface area contributed by atoms with Crippen molar-refractivity contribution in [2.75, 3.05) is 5.32 Å². The summed E-state index contributed by atoms with van der Waals surface area (Å²) in [4.78, 5) is 16.6. The summed E-state index contributed by atoms with van der Waals surface area (Å²) in [6.45, 7) is 7.22. The summed E-state index contributed by atoms with van der Waals surface area (Å²) in [5.74, 6) is -0.405. The number of amides is 1. The molecule has 0 bridgehead atoms. The number of sulfonamides is 1. The minimum Gasteiger partial charge on any atom is -0.325 e. The van der Waals surface area contributed by atoms with E-state index in [2.05, 4.69) is 15.0 Å². The number of rotatable bonds is 5. The number of nitrogens with zero attached hydrogens (tertiary/aromatic N) is 1. The Balaban J connectivity index is 0.00000338. The van der Waals surface area contributed by atoms with E-state index in [9.17, 15) is 13.2 Å². The molecule has 7 nitrogen and oxygen atoms in total. The van der Waals surface area contributed by atoms with Gasteiger partial charge in [-0.05, 0) is 45.4 Å². The summed E-state index contributed by atoms with van der Waals surface area (Å²) in [7, 11) is -3.70. The van der Waals surface area contributed by atoms with Gasteiger partial charge in [0.25, 0.3) is 5.91 Å². The van der Waals surface area contributed by atoms with Crippen LogP contribution in [0.4, 0.5) is 5.69 Å². The maximum Gasteiger partial charge on any atom is 0.275 e. The van der Waals surface area contributed by atoms with Crippen LogP contribution >= 0.6 is 23.7 Å². The van der Waals surface area contributed by atoms with E-state index in [1.165, 1.54) is 17.4 Å². The van der Waals surface area contributed by atoms with E-state index in [0.29, 0.717) is 16.3 Å². The van der Waals surface area contributed by atoms with Crippen LogP contribution in [0.3, 0.4) is 0 Å². The maximum atomic E-state index is 12.6. The predicted octanol–water partition coefficient (Wildman–Crippen LogP) is 2.66. The highest BCUT2D eigenvalue weighted by Gasteiger charge is 2.24.